The van der Waals surface area contributed by atoms with Gasteiger partial charge in [-0.15, -0.1) is 0 Å². The molecule has 1 aromatic heterocycles. The van der Waals surface area contributed by atoms with Crippen molar-refractivity contribution in [2.45, 2.75) is 46.0 Å². The molecular formula is C24H28N2O. The van der Waals surface area contributed by atoms with E-state index in [1.807, 2.05) is 24.5 Å². The summed E-state index contributed by atoms with van der Waals surface area (Å²) < 4.78 is 0. The molecule has 2 heterocycles. The number of allylic oxidation sites excluding steroid dienone is 5. The van der Waals surface area contributed by atoms with Crippen molar-refractivity contribution in [3.8, 4) is 0 Å². The van der Waals surface area contributed by atoms with Crippen LogP contribution >= 0.6 is 0 Å². The fraction of sp³-hybridized carbons (Fsp3) is 0.500. The van der Waals surface area contributed by atoms with Gasteiger partial charge in [0.25, 0.3) is 0 Å². The molecule has 1 N–H and O–H groups in total. The number of carbonyl (C=O) groups is 1. The summed E-state index contributed by atoms with van der Waals surface area (Å²) in [5.74, 6) is 1.38. The highest BCUT2D eigenvalue weighted by Gasteiger charge is 2.54. The topological polar surface area (TPSA) is 42.0 Å². The standard InChI is InChI=1S/C24H28N2O/c1-23-11-13-26-22(27)14-17(23)5-6-18-20-8-7-19(16-4-3-12-25-15-16)24(20,2)10-9-21(18)23/h3-4,7-8,12,14-15,18,21H,5-6,9-11,13H2,1-2H3,(H,26,27)/t18-,21?,23-,24+/m0/s1. The first-order valence-corrected chi connectivity index (χ1v) is 10.3. The third kappa shape index (κ3) is 2.40. The number of rotatable bonds is 1. The molecule has 3 heteroatoms. The lowest BCUT2D eigenvalue weighted by molar-refractivity contribution is -0.116. The first-order valence-electron chi connectivity index (χ1n) is 10.3. The third-order valence-electron chi connectivity index (χ3n) is 8.00. The molecule has 0 saturated heterocycles. The Hall–Kier alpha value is -2.16. The van der Waals surface area contributed by atoms with E-state index in [-0.39, 0.29) is 16.7 Å². The van der Waals surface area contributed by atoms with E-state index in [1.54, 1.807) is 5.57 Å². The van der Waals surface area contributed by atoms with Crippen molar-refractivity contribution < 1.29 is 4.79 Å². The molecule has 5 rings (SSSR count). The van der Waals surface area contributed by atoms with Crippen LogP contribution in [-0.2, 0) is 4.79 Å². The second-order valence-corrected chi connectivity index (χ2v) is 9.19. The molecule has 1 aliphatic heterocycles. The minimum Gasteiger partial charge on any atom is -0.353 e. The summed E-state index contributed by atoms with van der Waals surface area (Å²) in [6, 6.07) is 4.23. The fourth-order valence-corrected chi connectivity index (χ4v) is 6.50. The second kappa shape index (κ2) is 5.92. The van der Waals surface area contributed by atoms with Crippen LogP contribution in [0.2, 0.25) is 0 Å². The summed E-state index contributed by atoms with van der Waals surface area (Å²) in [5, 5.41) is 3.06. The van der Waals surface area contributed by atoms with Gasteiger partial charge in [0.15, 0.2) is 0 Å². The highest BCUT2D eigenvalue weighted by Crippen LogP contribution is 2.64. The van der Waals surface area contributed by atoms with Crippen LogP contribution in [-0.4, -0.2) is 17.4 Å². The number of amides is 1. The number of nitrogens with one attached hydrogen (secondary N) is 1. The lowest BCUT2D eigenvalue weighted by atomic mass is 9.49. The van der Waals surface area contributed by atoms with Gasteiger partial charge in [-0.25, -0.2) is 0 Å². The summed E-state index contributed by atoms with van der Waals surface area (Å²) in [6.45, 7) is 5.66. The van der Waals surface area contributed by atoms with Gasteiger partial charge in [0.1, 0.15) is 0 Å². The Bertz CT molecular complexity index is 881. The Morgan fingerprint density at radius 2 is 2.07 bits per heavy atom. The number of hydrogen-bond acceptors (Lipinski definition) is 2. The Balaban J connectivity index is 1.50. The number of aromatic nitrogens is 1. The maximum absolute atomic E-state index is 12.1. The smallest absolute Gasteiger partial charge is 0.243 e. The highest BCUT2D eigenvalue weighted by atomic mass is 16.1. The van der Waals surface area contributed by atoms with Crippen LogP contribution < -0.4 is 5.32 Å². The molecule has 0 bridgehead atoms. The van der Waals surface area contributed by atoms with Crippen LogP contribution in [0.5, 0.6) is 0 Å². The number of fused-ring (bicyclic) bond motifs is 5. The average Bonchev–Trinajstić information content (AvgIpc) is 2.93. The Morgan fingerprint density at radius 3 is 2.89 bits per heavy atom. The number of carbonyl (C=O) groups excluding carboxylic acids is 1. The Kier molecular flexibility index (Phi) is 3.72. The Labute approximate surface area is 161 Å². The van der Waals surface area contributed by atoms with E-state index in [9.17, 15) is 4.79 Å². The van der Waals surface area contributed by atoms with Crippen molar-refractivity contribution >= 4 is 11.5 Å². The van der Waals surface area contributed by atoms with E-state index in [0.717, 1.165) is 19.4 Å². The van der Waals surface area contributed by atoms with Gasteiger partial charge in [-0.05, 0) is 66.6 Å². The van der Waals surface area contributed by atoms with Crippen molar-refractivity contribution in [2.24, 2.45) is 22.7 Å². The molecule has 0 spiro atoms. The monoisotopic (exact) mass is 360 g/mol. The Morgan fingerprint density at radius 1 is 1.19 bits per heavy atom. The van der Waals surface area contributed by atoms with Gasteiger partial charge in [0.05, 0.1) is 0 Å². The lowest BCUT2D eigenvalue weighted by Crippen LogP contribution is -2.46. The molecule has 1 unspecified atom stereocenters. The molecular weight excluding hydrogens is 332 g/mol. The normalized spacial score (nSPS) is 37.7. The second-order valence-electron chi connectivity index (χ2n) is 9.19. The first kappa shape index (κ1) is 17.0. The molecule has 27 heavy (non-hydrogen) atoms. The van der Waals surface area contributed by atoms with Crippen molar-refractivity contribution in [2.75, 3.05) is 6.54 Å². The number of pyridine rings is 1. The molecule has 1 amide bonds. The summed E-state index contributed by atoms with van der Waals surface area (Å²) in [6.07, 6.45) is 16.3. The predicted molar refractivity (Wildman–Crippen MR) is 108 cm³/mol. The van der Waals surface area contributed by atoms with E-state index in [1.165, 1.54) is 36.0 Å². The molecule has 0 radical (unpaired) electrons. The largest absolute Gasteiger partial charge is 0.353 e. The molecule has 0 aromatic carbocycles. The molecule has 3 nitrogen and oxygen atoms in total. The maximum Gasteiger partial charge on any atom is 0.243 e. The van der Waals surface area contributed by atoms with E-state index in [4.69, 9.17) is 0 Å². The van der Waals surface area contributed by atoms with Gasteiger partial charge >= 0.3 is 0 Å². The van der Waals surface area contributed by atoms with Crippen molar-refractivity contribution in [3.63, 3.8) is 0 Å². The minimum atomic E-state index is 0.105. The van der Waals surface area contributed by atoms with Crippen LogP contribution in [0.4, 0.5) is 0 Å². The van der Waals surface area contributed by atoms with Crippen LogP contribution in [0, 0.1) is 22.7 Å². The molecule has 2 fully saturated rings. The van der Waals surface area contributed by atoms with Gasteiger partial charge in [0, 0.05) is 30.4 Å². The van der Waals surface area contributed by atoms with Crippen LogP contribution in [0.15, 0.2) is 53.9 Å². The average molecular weight is 361 g/mol. The van der Waals surface area contributed by atoms with E-state index in [0.29, 0.717) is 11.8 Å². The lowest BCUT2D eigenvalue weighted by Gasteiger charge is -2.55. The molecule has 1 aromatic rings. The summed E-state index contributed by atoms with van der Waals surface area (Å²) in [7, 11) is 0. The van der Waals surface area contributed by atoms with Crippen LogP contribution in [0.1, 0.15) is 51.5 Å². The first-order chi connectivity index (χ1) is 13.0. The van der Waals surface area contributed by atoms with Gasteiger partial charge in [-0.2, -0.15) is 0 Å². The van der Waals surface area contributed by atoms with E-state index in [2.05, 4.69) is 42.4 Å². The van der Waals surface area contributed by atoms with Gasteiger partial charge < -0.3 is 5.32 Å². The van der Waals surface area contributed by atoms with E-state index >= 15 is 0 Å². The summed E-state index contributed by atoms with van der Waals surface area (Å²) in [4.78, 5) is 16.4. The van der Waals surface area contributed by atoms with E-state index < -0.39 is 0 Å². The molecule has 140 valence electrons. The SMILES string of the molecule is C[C@]12CCC3[C@@H](CCC4=CC(=O)NCC[C@@]43C)C1=CC=C2c1cccnc1. The van der Waals surface area contributed by atoms with Gasteiger partial charge in [0.2, 0.25) is 5.91 Å². The van der Waals surface area contributed by atoms with Crippen molar-refractivity contribution in [1.29, 1.82) is 0 Å². The summed E-state index contributed by atoms with van der Waals surface area (Å²) >= 11 is 0. The number of nitrogens with zero attached hydrogens (tertiary/aromatic N) is 1. The maximum atomic E-state index is 12.1. The summed E-state index contributed by atoms with van der Waals surface area (Å²) in [5.41, 5.74) is 6.01. The highest BCUT2D eigenvalue weighted by molar-refractivity contribution is 5.89. The quantitative estimate of drug-likeness (QED) is 0.790. The van der Waals surface area contributed by atoms with Crippen LogP contribution in [0.3, 0.4) is 0 Å². The molecule has 2 saturated carbocycles. The minimum absolute atomic E-state index is 0.105. The number of hydrogen-bond donors (Lipinski definition) is 1. The third-order valence-corrected chi connectivity index (χ3v) is 8.00. The van der Waals surface area contributed by atoms with Crippen LogP contribution in [0.25, 0.3) is 5.57 Å². The zero-order valence-electron chi connectivity index (χ0n) is 16.3. The zero-order valence-corrected chi connectivity index (χ0v) is 16.3. The predicted octanol–water partition coefficient (Wildman–Crippen LogP) is 4.68. The van der Waals surface area contributed by atoms with Crippen molar-refractivity contribution in [1.82, 2.24) is 10.3 Å². The fourth-order valence-electron chi connectivity index (χ4n) is 6.50. The molecule has 4 atom stereocenters. The molecule has 3 aliphatic carbocycles. The zero-order chi connectivity index (χ0) is 18.6. The van der Waals surface area contributed by atoms with Gasteiger partial charge in [-0.3, -0.25) is 9.78 Å². The van der Waals surface area contributed by atoms with Crippen molar-refractivity contribution in [3.05, 3.63) is 59.5 Å². The van der Waals surface area contributed by atoms with Gasteiger partial charge in [-0.1, -0.05) is 43.2 Å². The molecule has 4 aliphatic rings.